The minimum Gasteiger partial charge on any atom is -0.469 e. The number of carbonyl (C=O) groups excluding carboxylic acids is 1. The van der Waals surface area contributed by atoms with Crippen LogP contribution in [0.4, 0.5) is 8.78 Å². The Labute approximate surface area is 145 Å². The molecule has 5 atom stereocenters. The van der Waals surface area contributed by atoms with Gasteiger partial charge in [-0.2, -0.15) is 4.98 Å². The molecule has 0 radical (unpaired) electrons. The molecular weight excluding hydrogens is 429 g/mol. The number of alkyl halides is 2. The lowest BCUT2D eigenvalue weighted by atomic mass is 10.0. The van der Waals surface area contributed by atoms with E-state index in [-0.39, 0.29) is 0 Å². The van der Waals surface area contributed by atoms with Crippen molar-refractivity contribution in [2.24, 2.45) is 5.92 Å². The Bertz CT molecular complexity index is 696. The Hall–Kier alpha value is -1.14. The summed E-state index contributed by atoms with van der Waals surface area (Å²) in [6, 6.07) is 0. The van der Waals surface area contributed by atoms with Crippen molar-refractivity contribution in [1.82, 2.24) is 9.55 Å². The summed E-state index contributed by atoms with van der Waals surface area (Å²) in [7, 11) is 1.11. The maximum atomic E-state index is 14.1. The first-order chi connectivity index (χ1) is 11.1. The Balaban J connectivity index is 2.43. The van der Waals surface area contributed by atoms with Crippen molar-refractivity contribution in [3.8, 4) is 0 Å². The van der Waals surface area contributed by atoms with E-state index in [9.17, 15) is 23.5 Å². The molecule has 1 aromatic rings. The molecule has 2 rings (SSSR count). The lowest BCUT2D eigenvalue weighted by Crippen LogP contribution is -2.36. The summed E-state index contributed by atoms with van der Waals surface area (Å²) in [6.45, 7) is 1.44. The van der Waals surface area contributed by atoms with E-state index in [0.29, 0.717) is 4.57 Å². The number of methoxy groups -OCH3 is 1. The number of rotatable bonds is 4. The van der Waals surface area contributed by atoms with Crippen molar-refractivity contribution in [1.29, 1.82) is 0 Å². The molecule has 0 aliphatic carbocycles. The van der Waals surface area contributed by atoms with Gasteiger partial charge in [-0.05, 0) is 29.5 Å². The number of nitrogens with zero attached hydrogens (tertiary/aromatic N) is 2. The van der Waals surface area contributed by atoms with Crippen LogP contribution in [0, 0.1) is 11.7 Å². The average molecular weight is 446 g/mol. The molecular formula is C13H15F2IN2O5. The summed E-state index contributed by atoms with van der Waals surface area (Å²) in [5.74, 6) is -3.20. The summed E-state index contributed by atoms with van der Waals surface area (Å²) in [5, 5.41) is 10.0. The highest BCUT2D eigenvalue weighted by molar-refractivity contribution is 14.1. The molecule has 1 aromatic heterocycles. The van der Waals surface area contributed by atoms with Crippen LogP contribution in [-0.4, -0.2) is 44.1 Å². The van der Waals surface area contributed by atoms with Gasteiger partial charge in [0.25, 0.3) is 0 Å². The molecule has 7 nitrogen and oxygen atoms in total. The number of carbonyl (C=O) groups is 1. The van der Waals surface area contributed by atoms with Gasteiger partial charge < -0.3 is 14.6 Å². The van der Waals surface area contributed by atoms with Crippen LogP contribution >= 0.6 is 22.6 Å². The number of hydrogen-bond donors (Lipinski definition) is 1. The van der Waals surface area contributed by atoms with Gasteiger partial charge in [-0.3, -0.25) is 9.36 Å². The molecule has 23 heavy (non-hydrogen) atoms. The van der Waals surface area contributed by atoms with Crippen molar-refractivity contribution in [2.45, 2.75) is 35.9 Å². The Kier molecular flexibility index (Phi) is 5.21. The van der Waals surface area contributed by atoms with Crippen LogP contribution in [0.3, 0.4) is 0 Å². The Morgan fingerprint density at radius 1 is 1.74 bits per heavy atom. The quantitative estimate of drug-likeness (QED) is 0.417. The molecule has 0 aromatic carbocycles. The number of aromatic nitrogens is 2. The predicted molar refractivity (Wildman–Crippen MR) is 82.2 cm³/mol. The minimum absolute atomic E-state index is 0.418. The highest BCUT2D eigenvalue weighted by atomic mass is 127. The smallest absolute Gasteiger partial charge is 0.350 e. The summed E-state index contributed by atoms with van der Waals surface area (Å²) in [4.78, 5) is 26.8. The van der Waals surface area contributed by atoms with Gasteiger partial charge in [-0.15, -0.1) is 0 Å². The molecule has 10 heteroatoms. The summed E-state index contributed by atoms with van der Waals surface area (Å²) in [6.07, 6.45) is -3.45. The van der Waals surface area contributed by atoms with Crippen molar-refractivity contribution in [3.05, 3.63) is 28.2 Å². The van der Waals surface area contributed by atoms with Crippen molar-refractivity contribution >= 4 is 28.6 Å². The van der Waals surface area contributed by atoms with Crippen molar-refractivity contribution in [2.75, 3.05) is 7.11 Å². The standard InChI is InChI=1S/C13H15F2IN2O5/c1-5-10(20)9(11(15)16)12(23-5)18-4-6(14)7(17-13(18)21)3-8(19)22-2/h4-5,9-12,20H,3H2,1-2H3/t5-,9+,10-,11?,12-/m1/s1/i11T,15+0. The van der Waals surface area contributed by atoms with E-state index in [2.05, 4.69) is 9.72 Å². The van der Waals surface area contributed by atoms with Crippen LogP contribution in [0.5, 0.6) is 0 Å². The molecule has 1 unspecified atom stereocenters. The summed E-state index contributed by atoms with van der Waals surface area (Å²) >= 11 is 1.16. The third-order valence-electron chi connectivity index (χ3n) is 3.56. The SMILES string of the molecule is [3H]C([19F])(I)[C@@H]1[C@H](O)[C@@H](C)O[C@H]1n1cc(F)c(CC(=O)OC)nc1=O. The van der Waals surface area contributed by atoms with E-state index in [0.717, 1.165) is 35.9 Å². The van der Waals surface area contributed by atoms with Crippen LogP contribution < -0.4 is 5.69 Å². The van der Waals surface area contributed by atoms with Gasteiger partial charge in [0.2, 0.25) is 0 Å². The largest absolute Gasteiger partial charge is 0.469 e. The number of esters is 1. The van der Waals surface area contributed by atoms with E-state index >= 15 is 0 Å². The van der Waals surface area contributed by atoms with Crippen LogP contribution in [-0.2, 0) is 20.7 Å². The highest BCUT2D eigenvalue weighted by Crippen LogP contribution is 2.39. The monoisotopic (exact) mass is 446 g/mol. The lowest BCUT2D eigenvalue weighted by Gasteiger charge is -2.22. The number of ether oxygens (including phenoxy) is 2. The van der Waals surface area contributed by atoms with E-state index in [1.54, 1.807) is 0 Å². The number of hydrogen-bond acceptors (Lipinski definition) is 6. The fraction of sp³-hybridized carbons (Fsp3) is 0.615. The normalized spacial score (nSPS) is 30.6. The molecule has 0 amide bonds. The zero-order valence-electron chi connectivity index (χ0n) is 13.2. The van der Waals surface area contributed by atoms with Gasteiger partial charge in [0, 0.05) is 6.20 Å². The Morgan fingerprint density at radius 2 is 2.39 bits per heavy atom. The molecule has 1 aliphatic rings. The van der Waals surface area contributed by atoms with E-state index < -0.39 is 58.1 Å². The second kappa shape index (κ2) is 7.18. The van der Waals surface area contributed by atoms with Gasteiger partial charge in [0.05, 0.1) is 38.7 Å². The zero-order chi connectivity index (χ0) is 18.2. The molecule has 0 saturated carbocycles. The van der Waals surface area contributed by atoms with E-state index in [1.807, 2.05) is 0 Å². The first kappa shape index (κ1) is 16.7. The maximum Gasteiger partial charge on any atom is 0.350 e. The molecule has 1 fully saturated rings. The molecule has 128 valence electrons. The number of halogens is 3. The fourth-order valence-corrected chi connectivity index (χ4v) is 2.99. The fourth-order valence-electron chi connectivity index (χ4n) is 2.31. The van der Waals surface area contributed by atoms with E-state index in [4.69, 9.17) is 6.11 Å². The molecule has 0 bridgehead atoms. The van der Waals surface area contributed by atoms with Gasteiger partial charge in [-0.25, -0.2) is 13.6 Å². The molecule has 1 aliphatic heterocycles. The Morgan fingerprint density at radius 3 is 2.96 bits per heavy atom. The first-order valence-electron chi connectivity index (χ1n) is 7.12. The highest BCUT2D eigenvalue weighted by Gasteiger charge is 2.47. The topological polar surface area (TPSA) is 90.7 Å². The predicted octanol–water partition coefficient (Wildman–Crippen LogP) is 0.723. The van der Waals surface area contributed by atoms with Gasteiger partial charge >= 0.3 is 11.7 Å². The third-order valence-corrected chi connectivity index (χ3v) is 4.27. The average Bonchev–Trinajstić information content (AvgIpc) is 2.77. The van der Waals surface area contributed by atoms with Crippen LogP contribution in [0.2, 0.25) is 0 Å². The summed E-state index contributed by atoms with van der Waals surface area (Å²) in [5.41, 5.74) is -1.41. The van der Waals surface area contributed by atoms with Gasteiger partial charge in [-0.1, -0.05) is 0 Å². The van der Waals surface area contributed by atoms with Crippen molar-refractivity contribution < 1.29 is 29.5 Å². The second-order valence-corrected chi connectivity index (χ2v) is 6.05. The molecule has 2 heterocycles. The second-order valence-electron chi connectivity index (χ2n) is 5.02. The number of aliphatic hydroxyl groups excluding tert-OH is 1. The molecule has 1 saturated heterocycles. The maximum absolute atomic E-state index is 14.1. The minimum atomic E-state index is -2.66. The molecule has 0 spiro atoms. The van der Waals surface area contributed by atoms with Crippen LogP contribution in [0.25, 0.3) is 0 Å². The first-order valence-corrected chi connectivity index (χ1v) is 7.69. The third kappa shape index (κ3) is 3.69. The van der Waals surface area contributed by atoms with E-state index in [1.165, 1.54) is 6.92 Å². The van der Waals surface area contributed by atoms with Gasteiger partial charge in [0.1, 0.15) is 6.23 Å². The summed E-state index contributed by atoms with van der Waals surface area (Å²) < 4.78 is 43.4. The van der Waals surface area contributed by atoms with Crippen molar-refractivity contribution in [3.63, 3.8) is 0 Å². The van der Waals surface area contributed by atoms with Crippen LogP contribution in [0.15, 0.2) is 11.0 Å². The lowest BCUT2D eigenvalue weighted by molar-refractivity contribution is -0.139. The van der Waals surface area contributed by atoms with Crippen LogP contribution in [0.1, 0.15) is 20.2 Å². The van der Waals surface area contributed by atoms with Gasteiger partial charge in [0.15, 0.2) is 9.97 Å². The number of aliphatic hydroxyl groups is 1. The molecule has 1 N–H and O–H groups in total. The zero-order valence-corrected chi connectivity index (χ0v) is 14.4.